The fourth-order valence-corrected chi connectivity index (χ4v) is 1.90. The van der Waals surface area contributed by atoms with Gasteiger partial charge in [0.05, 0.1) is 0 Å². The van der Waals surface area contributed by atoms with Gasteiger partial charge in [0.15, 0.2) is 0 Å². The standard InChI is InChI=1S/C16H22O2/c1-14(8-5-6-13-16(17)18)9-7-12-15-10-3-2-4-11-15/h2-5,8,10-11,14H,6-7,9,12-13H2,1H3,(H,17,18)/p-1/b8-5+. The second kappa shape index (κ2) is 8.51. The molecule has 0 N–H and O–H groups in total. The van der Waals surface area contributed by atoms with Gasteiger partial charge in [-0.3, -0.25) is 0 Å². The van der Waals surface area contributed by atoms with Crippen LogP contribution in [0.5, 0.6) is 0 Å². The second-order valence-corrected chi connectivity index (χ2v) is 4.69. The number of benzene rings is 1. The lowest BCUT2D eigenvalue weighted by molar-refractivity contribution is -0.305. The third-order valence-corrected chi connectivity index (χ3v) is 2.95. The van der Waals surface area contributed by atoms with Crippen LogP contribution in [0.15, 0.2) is 42.5 Å². The van der Waals surface area contributed by atoms with Crippen LogP contribution in [-0.2, 0) is 11.2 Å². The van der Waals surface area contributed by atoms with Gasteiger partial charge in [0.25, 0.3) is 0 Å². The van der Waals surface area contributed by atoms with E-state index in [0.29, 0.717) is 12.3 Å². The summed E-state index contributed by atoms with van der Waals surface area (Å²) in [6.07, 6.45) is 8.15. The van der Waals surface area contributed by atoms with Crippen molar-refractivity contribution in [3.63, 3.8) is 0 Å². The number of hydrogen-bond acceptors (Lipinski definition) is 2. The van der Waals surface area contributed by atoms with E-state index in [1.54, 1.807) is 0 Å². The van der Waals surface area contributed by atoms with E-state index in [4.69, 9.17) is 0 Å². The zero-order chi connectivity index (χ0) is 13.2. The molecule has 0 aromatic heterocycles. The predicted octanol–water partition coefficient (Wildman–Crippen LogP) is 2.73. The number of carbonyl (C=O) groups is 1. The van der Waals surface area contributed by atoms with E-state index in [-0.39, 0.29) is 6.42 Å². The lowest BCUT2D eigenvalue weighted by Gasteiger charge is -2.06. The van der Waals surface area contributed by atoms with E-state index in [1.165, 1.54) is 5.56 Å². The Balaban J connectivity index is 2.13. The highest BCUT2D eigenvalue weighted by Gasteiger charge is 1.98. The Morgan fingerprint density at radius 3 is 2.72 bits per heavy atom. The number of carboxylic acids is 1. The topological polar surface area (TPSA) is 40.1 Å². The summed E-state index contributed by atoms with van der Waals surface area (Å²) in [6.45, 7) is 2.17. The molecule has 98 valence electrons. The quantitative estimate of drug-likeness (QED) is 0.661. The molecule has 0 radical (unpaired) electrons. The molecule has 0 bridgehead atoms. The average Bonchev–Trinajstić information content (AvgIpc) is 2.36. The van der Waals surface area contributed by atoms with Gasteiger partial charge in [-0.25, -0.2) is 0 Å². The van der Waals surface area contributed by atoms with Crippen molar-refractivity contribution in [1.82, 2.24) is 0 Å². The highest BCUT2D eigenvalue weighted by Crippen LogP contribution is 2.12. The molecule has 0 amide bonds. The number of aryl methyl sites for hydroxylation is 1. The molecular weight excluding hydrogens is 224 g/mol. The van der Waals surface area contributed by atoms with E-state index in [1.807, 2.05) is 12.1 Å². The third kappa shape index (κ3) is 6.89. The van der Waals surface area contributed by atoms with Gasteiger partial charge in [-0.05, 0) is 43.6 Å². The Morgan fingerprint density at radius 1 is 1.33 bits per heavy atom. The molecule has 2 nitrogen and oxygen atoms in total. The first-order chi connectivity index (χ1) is 8.68. The van der Waals surface area contributed by atoms with Crippen LogP contribution in [0.3, 0.4) is 0 Å². The van der Waals surface area contributed by atoms with Crippen LogP contribution in [-0.4, -0.2) is 5.97 Å². The van der Waals surface area contributed by atoms with Crippen molar-refractivity contribution in [2.45, 2.75) is 39.0 Å². The first kappa shape index (κ1) is 14.5. The maximum Gasteiger partial charge on any atom is 0.0417 e. The molecule has 0 aliphatic carbocycles. The molecular formula is C16H21O2-. The smallest absolute Gasteiger partial charge is 0.0417 e. The van der Waals surface area contributed by atoms with Crippen molar-refractivity contribution in [2.75, 3.05) is 0 Å². The largest absolute Gasteiger partial charge is 0.550 e. The summed E-state index contributed by atoms with van der Waals surface area (Å²) in [6, 6.07) is 10.5. The van der Waals surface area contributed by atoms with Crippen molar-refractivity contribution >= 4 is 5.97 Å². The zero-order valence-electron chi connectivity index (χ0n) is 11.0. The van der Waals surface area contributed by atoms with Crippen LogP contribution >= 0.6 is 0 Å². The summed E-state index contributed by atoms with van der Waals surface area (Å²) in [7, 11) is 0. The molecule has 0 heterocycles. The predicted molar refractivity (Wildman–Crippen MR) is 71.9 cm³/mol. The lowest BCUT2D eigenvalue weighted by Crippen LogP contribution is -2.21. The van der Waals surface area contributed by atoms with Gasteiger partial charge in [0.2, 0.25) is 0 Å². The van der Waals surface area contributed by atoms with Crippen LogP contribution in [0.2, 0.25) is 0 Å². The minimum absolute atomic E-state index is 0.118. The SMILES string of the molecule is CC(/C=C/CCC(=O)[O-])CCCc1ccccc1. The van der Waals surface area contributed by atoms with E-state index >= 15 is 0 Å². The van der Waals surface area contributed by atoms with Gasteiger partial charge in [-0.2, -0.15) is 0 Å². The van der Waals surface area contributed by atoms with E-state index in [9.17, 15) is 9.90 Å². The van der Waals surface area contributed by atoms with Crippen LogP contribution in [0.4, 0.5) is 0 Å². The van der Waals surface area contributed by atoms with Crippen LogP contribution in [0, 0.1) is 5.92 Å². The Bertz CT molecular complexity index is 368. The highest BCUT2D eigenvalue weighted by molar-refractivity contribution is 5.64. The summed E-state index contributed by atoms with van der Waals surface area (Å²) in [4.78, 5) is 10.2. The number of carbonyl (C=O) groups excluding carboxylic acids is 1. The Labute approximate surface area is 109 Å². The third-order valence-electron chi connectivity index (χ3n) is 2.95. The van der Waals surface area contributed by atoms with Gasteiger partial charge in [-0.1, -0.05) is 49.4 Å². The molecule has 2 heteroatoms. The highest BCUT2D eigenvalue weighted by atomic mass is 16.4. The minimum Gasteiger partial charge on any atom is -0.550 e. The maximum absolute atomic E-state index is 10.2. The van der Waals surface area contributed by atoms with Gasteiger partial charge < -0.3 is 9.90 Å². The number of allylic oxidation sites excluding steroid dienone is 2. The first-order valence-electron chi connectivity index (χ1n) is 6.59. The molecule has 0 aliphatic rings. The summed E-state index contributed by atoms with van der Waals surface area (Å²) in [5.41, 5.74) is 1.38. The zero-order valence-corrected chi connectivity index (χ0v) is 11.0. The van der Waals surface area contributed by atoms with Gasteiger partial charge in [0, 0.05) is 5.97 Å². The molecule has 1 atom stereocenters. The van der Waals surface area contributed by atoms with E-state index in [0.717, 1.165) is 19.3 Å². The van der Waals surface area contributed by atoms with Crippen LogP contribution < -0.4 is 5.11 Å². The fraction of sp³-hybridized carbons (Fsp3) is 0.438. The molecule has 0 spiro atoms. The van der Waals surface area contributed by atoms with Crippen molar-refractivity contribution in [3.05, 3.63) is 48.0 Å². The molecule has 1 aromatic rings. The van der Waals surface area contributed by atoms with Gasteiger partial charge in [0.1, 0.15) is 0 Å². The van der Waals surface area contributed by atoms with Crippen molar-refractivity contribution in [1.29, 1.82) is 0 Å². The van der Waals surface area contributed by atoms with Crippen molar-refractivity contribution in [2.24, 2.45) is 5.92 Å². The molecule has 1 unspecified atom stereocenters. The van der Waals surface area contributed by atoms with E-state index in [2.05, 4.69) is 37.3 Å². The summed E-state index contributed by atoms with van der Waals surface area (Å²) < 4.78 is 0. The summed E-state index contributed by atoms with van der Waals surface area (Å²) in [5, 5.41) is 10.2. The Kier molecular flexibility index (Phi) is 6.85. The van der Waals surface area contributed by atoms with Crippen LogP contribution in [0.1, 0.15) is 38.2 Å². The van der Waals surface area contributed by atoms with Crippen molar-refractivity contribution < 1.29 is 9.90 Å². The summed E-state index contributed by atoms with van der Waals surface area (Å²) in [5.74, 6) is -0.466. The summed E-state index contributed by atoms with van der Waals surface area (Å²) >= 11 is 0. The molecule has 0 fully saturated rings. The fourth-order valence-electron chi connectivity index (χ4n) is 1.90. The second-order valence-electron chi connectivity index (χ2n) is 4.69. The molecule has 0 saturated carbocycles. The average molecular weight is 245 g/mol. The molecule has 1 aromatic carbocycles. The monoisotopic (exact) mass is 245 g/mol. The molecule has 18 heavy (non-hydrogen) atoms. The number of rotatable bonds is 8. The Hall–Kier alpha value is -1.57. The minimum atomic E-state index is -0.976. The van der Waals surface area contributed by atoms with Crippen LogP contribution in [0.25, 0.3) is 0 Å². The molecule has 0 aliphatic heterocycles. The van der Waals surface area contributed by atoms with Gasteiger partial charge in [-0.15, -0.1) is 0 Å². The number of carboxylic acid groups (broad SMARTS) is 1. The molecule has 1 rings (SSSR count). The number of hydrogen-bond donors (Lipinski definition) is 0. The van der Waals surface area contributed by atoms with E-state index < -0.39 is 5.97 Å². The lowest BCUT2D eigenvalue weighted by atomic mass is 10.0. The number of aliphatic carboxylic acids is 1. The normalized spacial score (nSPS) is 12.7. The molecule has 0 saturated heterocycles. The Morgan fingerprint density at radius 2 is 2.06 bits per heavy atom. The first-order valence-corrected chi connectivity index (χ1v) is 6.59. The maximum atomic E-state index is 10.2. The van der Waals surface area contributed by atoms with Crippen molar-refractivity contribution in [3.8, 4) is 0 Å². The van der Waals surface area contributed by atoms with Gasteiger partial charge >= 0.3 is 0 Å².